The van der Waals surface area contributed by atoms with Crippen molar-refractivity contribution in [2.75, 3.05) is 0 Å². The van der Waals surface area contributed by atoms with Gasteiger partial charge in [-0.05, 0) is 54.6 Å². The molecule has 7 heteroatoms. The van der Waals surface area contributed by atoms with Crippen LogP contribution in [0.5, 0.6) is 0 Å². The lowest BCUT2D eigenvalue weighted by Gasteiger charge is -2.32. The topological polar surface area (TPSA) is 55.8 Å². The number of thiophene rings is 1. The van der Waals surface area contributed by atoms with Crippen molar-refractivity contribution in [2.24, 2.45) is 0 Å². The Labute approximate surface area is 131 Å². The van der Waals surface area contributed by atoms with Gasteiger partial charge in [-0.1, -0.05) is 0 Å². The Bertz CT molecular complexity index is 498. The fraction of sp³-hybridized carbons (Fsp3) is 0.615. The van der Waals surface area contributed by atoms with E-state index < -0.39 is 24.3 Å². The second-order valence-corrected chi connectivity index (χ2v) is 7.60. The normalized spacial score (nSPS) is 21.9. The first-order valence-corrected chi connectivity index (χ1v) is 8.16. The van der Waals surface area contributed by atoms with Crippen LogP contribution in [-0.2, 0) is 14.1 Å². The van der Waals surface area contributed by atoms with Crippen molar-refractivity contribution in [2.45, 2.75) is 51.1 Å². The highest BCUT2D eigenvalue weighted by Gasteiger charge is 2.54. The van der Waals surface area contributed by atoms with Crippen LogP contribution >= 0.6 is 27.3 Å². The molecule has 1 N–H and O–H groups in total. The summed E-state index contributed by atoms with van der Waals surface area (Å²) in [5.74, 6) is -1.18. The Morgan fingerprint density at radius 2 is 1.90 bits per heavy atom. The summed E-state index contributed by atoms with van der Waals surface area (Å²) in [6.07, 6.45) is -0.0217. The van der Waals surface area contributed by atoms with Crippen LogP contribution in [0.25, 0.3) is 0 Å². The average molecular weight is 361 g/mol. The fourth-order valence-corrected chi connectivity index (χ4v) is 3.81. The lowest BCUT2D eigenvalue weighted by atomic mass is 9.67. The minimum absolute atomic E-state index is 0.0217. The summed E-state index contributed by atoms with van der Waals surface area (Å²) in [5, 5.41) is 13.1. The summed E-state index contributed by atoms with van der Waals surface area (Å²) >= 11 is 5.00. The Hall–Kier alpha value is -0.365. The smallest absolute Gasteiger partial charge is 0.466 e. The first-order chi connectivity index (χ1) is 9.14. The van der Waals surface area contributed by atoms with Gasteiger partial charge in [0.1, 0.15) is 0 Å². The van der Waals surface area contributed by atoms with Gasteiger partial charge in [-0.25, -0.2) is 0 Å². The molecule has 0 amide bonds. The number of carboxylic acids is 1. The lowest BCUT2D eigenvalue weighted by molar-refractivity contribution is -0.137. The molecule has 1 aliphatic rings. The molecule has 1 unspecified atom stereocenters. The predicted octanol–water partition coefficient (Wildman–Crippen LogP) is 3.70. The summed E-state index contributed by atoms with van der Waals surface area (Å²) in [6.45, 7) is 7.86. The number of aliphatic carboxylic acids is 1. The van der Waals surface area contributed by atoms with Gasteiger partial charge in [0.05, 0.1) is 17.6 Å². The monoisotopic (exact) mass is 360 g/mol. The Kier molecular flexibility index (Phi) is 4.36. The molecule has 0 radical (unpaired) electrons. The molecule has 1 aliphatic heterocycles. The molecule has 0 spiro atoms. The van der Waals surface area contributed by atoms with Gasteiger partial charge < -0.3 is 14.4 Å². The molecule has 1 aromatic heterocycles. The van der Waals surface area contributed by atoms with Crippen molar-refractivity contribution in [1.29, 1.82) is 0 Å². The number of halogens is 1. The minimum atomic E-state index is -0.859. The minimum Gasteiger partial charge on any atom is -0.481 e. The predicted molar refractivity (Wildman–Crippen MR) is 83.1 cm³/mol. The molecule has 1 aromatic rings. The molecule has 20 heavy (non-hydrogen) atoms. The molecule has 2 rings (SSSR count). The van der Waals surface area contributed by atoms with Crippen LogP contribution in [0.4, 0.5) is 0 Å². The van der Waals surface area contributed by atoms with Crippen molar-refractivity contribution in [3.63, 3.8) is 0 Å². The van der Waals surface area contributed by atoms with Gasteiger partial charge >= 0.3 is 13.1 Å². The maximum Gasteiger partial charge on any atom is 0.466 e. The maximum atomic E-state index is 11.2. The summed E-state index contributed by atoms with van der Waals surface area (Å²) in [6, 6.07) is 0. The second-order valence-electron chi connectivity index (χ2n) is 6.00. The van der Waals surface area contributed by atoms with E-state index in [1.165, 1.54) is 11.3 Å². The van der Waals surface area contributed by atoms with Crippen LogP contribution in [0, 0.1) is 0 Å². The molecule has 4 nitrogen and oxygen atoms in total. The van der Waals surface area contributed by atoms with Gasteiger partial charge in [-0.2, -0.15) is 11.3 Å². The Balaban J connectivity index is 2.30. The quantitative estimate of drug-likeness (QED) is 0.831. The van der Waals surface area contributed by atoms with Gasteiger partial charge in [-0.15, -0.1) is 0 Å². The van der Waals surface area contributed by atoms with E-state index in [-0.39, 0.29) is 12.2 Å². The Morgan fingerprint density at radius 1 is 1.35 bits per heavy atom. The molecule has 0 bridgehead atoms. The van der Waals surface area contributed by atoms with Crippen LogP contribution in [0.1, 0.15) is 45.5 Å². The van der Waals surface area contributed by atoms with Crippen LogP contribution in [0.2, 0.25) is 0 Å². The zero-order valence-corrected chi connectivity index (χ0v) is 14.4. The number of hydrogen-bond acceptors (Lipinski definition) is 4. The zero-order valence-electron chi connectivity index (χ0n) is 12.0. The largest absolute Gasteiger partial charge is 0.481 e. The third-order valence-corrected chi connectivity index (χ3v) is 5.79. The van der Waals surface area contributed by atoms with Crippen molar-refractivity contribution >= 4 is 40.4 Å². The molecule has 0 aromatic carbocycles. The van der Waals surface area contributed by atoms with E-state index in [1.54, 1.807) is 0 Å². The van der Waals surface area contributed by atoms with E-state index in [4.69, 9.17) is 9.31 Å². The number of carboxylic acid groups (broad SMARTS) is 1. The van der Waals surface area contributed by atoms with E-state index >= 15 is 0 Å². The summed E-state index contributed by atoms with van der Waals surface area (Å²) in [7, 11) is -0.554. The van der Waals surface area contributed by atoms with Gasteiger partial charge in [0, 0.05) is 15.7 Å². The van der Waals surface area contributed by atoms with Gasteiger partial charge in [-0.3, -0.25) is 4.79 Å². The summed E-state index contributed by atoms with van der Waals surface area (Å²) in [5.41, 5.74) is 0.00398. The van der Waals surface area contributed by atoms with E-state index in [2.05, 4.69) is 15.9 Å². The third-order valence-electron chi connectivity index (χ3n) is 4.04. The molecular weight excluding hydrogens is 343 g/mol. The molecule has 1 saturated heterocycles. The summed E-state index contributed by atoms with van der Waals surface area (Å²) < 4.78 is 12.9. The third kappa shape index (κ3) is 2.96. The number of hydrogen-bond donors (Lipinski definition) is 1. The molecule has 0 aliphatic carbocycles. The van der Waals surface area contributed by atoms with Crippen LogP contribution in [0.3, 0.4) is 0 Å². The fourth-order valence-electron chi connectivity index (χ4n) is 2.15. The SMILES string of the molecule is CC1(C)OB(C(CC(=O)O)c2cscc2Br)OC1(C)C. The van der Waals surface area contributed by atoms with E-state index in [9.17, 15) is 9.90 Å². The number of rotatable bonds is 4. The highest BCUT2D eigenvalue weighted by Crippen LogP contribution is 2.43. The van der Waals surface area contributed by atoms with Crippen molar-refractivity contribution in [3.05, 3.63) is 20.8 Å². The number of carbonyl (C=O) groups is 1. The Morgan fingerprint density at radius 3 is 2.30 bits per heavy atom. The molecule has 1 fully saturated rings. The van der Waals surface area contributed by atoms with Crippen molar-refractivity contribution < 1.29 is 19.2 Å². The van der Waals surface area contributed by atoms with E-state index in [0.717, 1.165) is 10.0 Å². The standard InChI is InChI=1S/C13H18BBrO4S/c1-12(2)13(3,4)19-14(18-12)9(5-11(16)17)8-6-20-7-10(8)15/h6-7,9H,5H2,1-4H3,(H,16,17). The molecule has 1 atom stereocenters. The van der Waals surface area contributed by atoms with Crippen molar-refractivity contribution in [3.8, 4) is 0 Å². The summed E-state index contributed by atoms with van der Waals surface area (Å²) in [4.78, 5) is 11.2. The first kappa shape index (κ1) is 16.0. The van der Waals surface area contributed by atoms with E-state index in [0.29, 0.717) is 0 Å². The van der Waals surface area contributed by atoms with Crippen LogP contribution < -0.4 is 0 Å². The molecular formula is C13H18BBrO4S. The lowest BCUT2D eigenvalue weighted by Crippen LogP contribution is -2.41. The van der Waals surface area contributed by atoms with E-state index in [1.807, 2.05) is 38.5 Å². The first-order valence-electron chi connectivity index (χ1n) is 6.43. The average Bonchev–Trinajstić information content (AvgIpc) is 2.78. The zero-order chi connectivity index (χ0) is 15.1. The van der Waals surface area contributed by atoms with Gasteiger partial charge in [0.15, 0.2) is 0 Å². The molecule has 110 valence electrons. The highest BCUT2D eigenvalue weighted by molar-refractivity contribution is 9.10. The van der Waals surface area contributed by atoms with Crippen LogP contribution in [-0.4, -0.2) is 29.4 Å². The van der Waals surface area contributed by atoms with Gasteiger partial charge in [0.2, 0.25) is 0 Å². The molecule has 2 heterocycles. The highest BCUT2D eigenvalue weighted by atomic mass is 79.9. The van der Waals surface area contributed by atoms with Crippen molar-refractivity contribution in [1.82, 2.24) is 0 Å². The van der Waals surface area contributed by atoms with Crippen LogP contribution in [0.15, 0.2) is 15.2 Å². The maximum absolute atomic E-state index is 11.2. The molecule has 0 saturated carbocycles. The second kappa shape index (κ2) is 5.44. The van der Waals surface area contributed by atoms with Gasteiger partial charge in [0.25, 0.3) is 0 Å².